The van der Waals surface area contributed by atoms with E-state index in [9.17, 15) is 18.0 Å². The monoisotopic (exact) mass is 333 g/mol. The Labute approximate surface area is 133 Å². The van der Waals surface area contributed by atoms with Crippen LogP contribution >= 0.6 is 0 Å². The molecule has 0 unspecified atom stereocenters. The van der Waals surface area contributed by atoms with Crippen molar-refractivity contribution in [2.45, 2.75) is 39.5 Å². The number of alkyl halides is 3. The summed E-state index contributed by atoms with van der Waals surface area (Å²) >= 11 is 0. The maximum Gasteiger partial charge on any atom is 0.401 e. The number of H-pyrrole nitrogens is 1. The maximum atomic E-state index is 12.5. The van der Waals surface area contributed by atoms with Gasteiger partial charge in [-0.05, 0) is 20.8 Å². The van der Waals surface area contributed by atoms with Gasteiger partial charge in [0.05, 0.1) is 12.2 Å². The lowest BCUT2D eigenvalue weighted by Crippen LogP contribution is -2.57. The van der Waals surface area contributed by atoms with Gasteiger partial charge in [-0.1, -0.05) is 0 Å². The molecule has 1 aromatic heterocycles. The highest BCUT2D eigenvalue weighted by atomic mass is 19.4. The van der Waals surface area contributed by atoms with E-state index >= 15 is 0 Å². The second-order valence-electron chi connectivity index (χ2n) is 5.95. The zero-order valence-electron chi connectivity index (χ0n) is 13.5. The van der Waals surface area contributed by atoms with Gasteiger partial charge in [0.25, 0.3) is 0 Å². The lowest BCUT2D eigenvalue weighted by Gasteiger charge is -2.39. The second-order valence-corrected chi connectivity index (χ2v) is 5.95. The van der Waals surface area contributed by atoms with Gasteiger partial charge in [-0.15, -0.1) is 0 Å². The van der Waals surface area contributed by atoms with Gasteiger partial charge in [-0.3, -0.25) is 10.00 Å². The zero-order chi connectivity index (χ0) is 17.2. The Balaban J connectivity index is 1.85. The maximum absolute atomic E-state index is 12.5. The predicted molar refractivity (Wildman–Crippen MR) is 79.0 cm³/mol. The molecule has 9 heteroatoms. The van der Waals surface area contributed by atoms with Crippen molar-refractivity contribution in [3.63, 3.8) is 0 Å². The fourth-order valence-electron chi connectivity index (χ4n) is 2.76. The SMILES string of the molecule is Cc1n[nH]c(C)c1CNC(=O)N1CCN(CC(F)(F)F)[C@H](C)C1. The summed E-state index contributed by atoms with van der Waals surface area (Å²) in [6, 6.07) is -0.586. The van der Waals surface area contributed by atoms with Crippen LogP contribution in [0.2, 0.25) is 0 Å². The summed E-state index contributed by atoms with van der Waals surface area (Å²) in [4.78, 5) is 15.1. The van der Waals surface area contributed by atoms with Crippen LogP contribution in [0, 0.1) is 13.8 Å². The highest BCUT2D eigenvalue weighted by Crippen LogP contribution is 2.20. The van der Waals surface area contributed by atoms with Gasteiger partial charge in [0.1, 0.15) is 0 Å². The third kappa shape index (κ3) is 4.60. The molecule has 0 saturated carbocycles. The van der Waals surface area contributed by atoms with Crippen LogP contribution in [0.5, 0.6) is 0 Å². The normalized spacial score (nSPS) is 19.9. The number of amides is 2. The Morgan fingerprint density at radius 2 is 2.09 bits per heavy atom. The standard InChI is InChI=1S/C14H22F3N5O/c1-9-7-21(4-5-22(9)8-14(15,16)17)13(23)18-6-12-10(2)19-20-11(12)3/h9H,4-8H2,1-3H3,(H,18,23)(H,19,20)/t9-/m1/s1. The zero-order valence-corrected chi connectivity index (χ0v) is 13.5. The molecule has 0 aliphatic carbocycles. The highest BCUT2D eigenvalue weighted by Gasteiger charge is 2.35. The van der Waals surface area contributed by atoms with Gasteiger partial charge in [-0.25, -0.2) is 4.79 Å². The molecule has 2 N–H and O–H groups in total. The van der Waals surface area contributed by atoms with E-state index in [1.54, 1.807) is 11.8 Å². The summed E-state index contributed by atoms with van der Waals surface area (Å²) in [5.41, 5.74) is 2.65. The minimum Gasteiger partial charge on any atom is -0.334 e. The molecule has 0 bridgehead atoms. The van der Waals surface area contributed by atoms with Gasteiger partial charge in [0, 0.05) is 43.5 Å². The van der Waals surface area contributed by atoms with Gasteiger partial charge < -0.3 is 10.2 Å². The van der Waals surface area contributed by atoms with E-state index in [0.717, 1.165) is 17.0 Å². The number of hydrogen-bond donors (Lipinski definition) is 2. The molecule has 1 fully saturated rings. The fraction of sp³-hybridized carbons (Fsp3) is 0.714. The number of aromatic nitrogens is 2. The number of rotatable bonds is 3. The van der Waals surface area contributed by atoms with Crippen molar-refractivity contribution in [2.75, 3.05) is 26.2 Å². The van der Waals surface area contributed by atoms with Crippen LogP contribution in [-0.2, 0) is 6.54 Å². The number of hydrogen-bond acceptors (Lipinski definition) is 3. The molecule has 1 aliphatic heterocycles. The van der Waals surface area contributed by atoms with Gasteiger partial charge in [0.2, 0.25) is 0 Å². The van der Waals surface area contributed by atoms with E-state index in [2.05, 4.69) is 15.5 Å². The molecule has 23 heavy (non-hydrogen) atoms. The quantitative estimate of drug-likeness (QED) is 0.887. The highest BCUT2D eigenvalue weighted by molar-refractivity contribution is 5.74. The van der Waals surface area contributed by atoms with Crippen LogP contribution in [0.25, 0.3) is 0 Å². The van der Waals surface area contributed by atoms with Crippen molar-refractivity contribution in [1.82, 2.24) is 25.3 Å². The van der Waals surface area contributed by atoms with Crippen molar-refractivity contribution >= 4 is 6.03 Å². The van der Waals surface area contributed by atoms with Crippen LogP contribution in [-0.4, -0.2) is 64.4 Å². The molecule has 0 spiro atoms. The van der Waals surface area contributed by atoms with Crippen molar-refractivity contribution in [1.29, 1.82) is 0 Å². The van der Waals surface area contributed by atoms with Gasteiger partial charge in [0.15, 0.2) is 0 Å². The van der Waals surface area contributed by atoms with Gasteiger partial charge >= 0.3 is 12.2 Å². The van der Waals surface area contributed by atoms with E-state index in [1.165, 1.54) is 4.90 Å². The summed E-state index contributed by atoms with van der Waals surface area (Å²) < 4.78 is 37.4. The molecule has 2 rings (SSSR count). The predicted octanol–water partition coefficient (Wildman–Crippen LogP) is 1.80. The first-order chi connectivity index (χ1) is 10.7. The van der Waals surface area contributed by atoms with E-state index in [-0.39, 0.29) is 31.7 Å². The van der Waals surface area contributed by atoms with E-state index in [0.29, 0.717) is 6.54 Å². The van der Waals surface area contributed by atoms with E-state index in [4.69, 9.17) is 0 Å². The van der Waals surface area contributed by atoms with Crippen LogP contribution < -0.4 is 5.32 Å². The van der Waals surface area contributed by atoms with Crippen molar-refractivity contribution in [3.05, 3.63) is 17.0 Å². The number of nitrogens with one attached hydrogen (secondary N) is 2. The molecular weight excluding hydrogens is 311 g/mol. The largest absolute Gasteiger partial charge is 0.401 e. The Bertz CT molecular complexity index is 538. The number of aryl methyl sites for hydroxylation is 2. The molecule has 1 aromatic rings. The Kier molecular flexibility index (Phi) is 5.18. The number of halogens is 3. The molecule has 0 aromatic carbocycles. The first-order valence-electron chi connectivity index (χ1n) is 7.51. The number of urea groups is 1. The first-order valence-corrected chi connectivity index (χ1v) is 7.51. The summed E-state index contributed by atoms with van der Waals surface area (Å²) in [6.45, 7) is 5.64. The summed E-state index contributed by atoms with van der Waals surface area (Å²) in [5.74, 6) is 0. The summed E-state index contributed by atoms with van der Waals surface area (Å²) in [6.07, 6.45) is -4.21. The number of carbonyl (C=O) groups excluding carboxylic acids is 1. The Morgan fingerprint density at radius 1 is 1.39 bits per heavy atom. The van der Waals surface area contributed by atoms with Crippen molar-refractivity contribution in [2.24, 2.45) is 0 Å². The minimum absolute atomic E-state index is 0.220. The molecule has 2 amide bonds. The smallest absolute Gasteiger partial charge is 0.334 e. The fourth-order valence-corrected chi connectivity index (χ4v) is 2.76. The number of nitrogens with zero attached hydrogens (tertiary/aromatic N) is 3. The molecule has 1 saturated heterocycles. The molecule has 130 valence electrons. The molecule has 1 aliphatic rings. The van der Waals surface area contributed by atoms with Crippen molar-refractivity contribution < 1.29 is 18.0 Å². The van der Waals surface area contributed by atoms with Crippen LogP contribution in [0.4, 0.5) is 18.0 Å². The average Bonchev–Trinajstić information content (AvgIpc) is 2.76. The van der Waals surface area contributed by atoms with Crippen LogP contribution in [0.1, 0.15) is 23.9 Å². The number of aromatic amines is 1. The van der Waals surface area contributed by atoms with Crippen LogP contribution in [0.3, 0.4) is 0 Å². The van der Waals surface area contributed by atoms with E-state index in [1.807, 2.05) is 13.8 Å². The molecular formula is C14H22F3N5O. The minimum atomic E-state index is -4.21. The Morgan fingerprint density at radius 3 is 2.61 bits per heavy atom. The third-order valence-electron chi connectivity index (χ3n) is 4.13. The van der Waals surface area contributed by atoms with Crippen molar-refractivity contribution in [3.8, 4) is 0 Å². The molecule has 0 radical (unpaired) electrons. The number of carbonyl (C=O) groups is 1. The topological polar surface area (TPSA) is 64.3 Å². The van der Waals surface area contributed by atoms with Crippen LogP contribution in [0.15, 0.2) is 0 Å². The summed E-state index contributed by atoms with van der Waals surface area (Å²) in [5, 5.41) is 9.71. The first kappa shape index (κ1) is 17.6. The second kappa shape index (κ2) is 6.77. The lowest BCUT2D eigenvalue weighted by atomic mass is 10.2. The van der Waals surface area contributed by atoms with Gasteiger partial charge in [-0.2, -0.15) is 18.3 Å². The molecule has 2 heterocycles. The lowest BCUT2D eigenvalue weighted by molar-refractivity contribution is -0.153. The molecule has 1 atom stereocenters. The Hall–Kier alpha value is -1.77. The summed E-state index contributed by atoms with van der Waals surface area (Å²) in [7, 11) is 0. The third-order valence-corrected chi connectivity index (χ3v) is 4.13. The van der Waals surface area contributed by atoms with E-state index < -0.39 is 12.7 Å². The number of piperazine rings is 1. The molecule has 6 nitrogen and oxygen atoms in total. The average molecular weight is 333 g/mol.